The molecule has 2 aliphatic carbocycles. The molecule has 162 valence electrons. The number of rotatable bonds is 0. The summed E-state index contributed by atoms with van der Waals surface area (Å²) in [5, 5.41) is 18.2. The first kappa shape index (κ1) is 28.9. The van der Waals surface area contributed by atoms with E-state index in [0.29, 0.717) is 11.5 Å². The van der Waals surface area contributed by atoms with Crippen molar-refractivity contribution >= 4 is 0 Å². The molecule has 2 aliphatic rings. The van der Waals surface area contributed by atoms with Gasteiger partial charge in [0.1, 0.15) is 11.5 Å². The smallest absolute Gasteiger partial charge is 0.508 e. The summed E-state index contributed by atoms with van der Waals surface area (Å²) in [5.74, 6) is 0.723. The maximum Gasteiger partial charge on any atom is 2.00 e. The normalized spacial score (nSPS) is 12.1. The van der Waals surface area contributed by atoms with Crippen LogP contribution in [0.25, 0.3) is 0 Å². The van der Waals surface area contributed by atoms with Gasteiger partial charge in [0.15, 0.2) is 0 Å². The SMILES string of the molecule is Cc1cc(O)cc(C)c1C.Cc1cc(O)cc(C)c1C.[C-]1=CC=CC1.[C-]1=CC=CC1.[Zr+2]. The first-order valence-corrected chi connectivity index (χ1v) is 10.2. The molecule has 0 unspecified atom stereocenters. The Morgan fingerprint density at radius 2 is 0.871 bits per heavy atom. The molecule has 2 N–H and O–H groups in total. The third-order valence-electron chi connectivity index (χ3n) is 5.00. The van der Waals surface area contributed by atoms with Crippen molar-refractivity contribution in [3.63, 3.8) is 0 Å². The second-order valence-electron chi connectivity index (χ2n) is 7.42. The van der Waals surface area contributed by atoms with E-state index < -0.39 is 0 Å². The van der Waals surface area contributed by atoms with Crippen molar-refractivity contribution in [1.82, 2.24) is 0 Å². The van der Waals surface area contributed by atoms with Crippen LogP contribution >= 0.6 is 0 Å². The Bertz CT molecular complexity index is 791. The molecule has 0 fully saturated rings. The van der Waals surface area contributed by atoms with Crippen LogP contribution in [0.1, 0.15) is 46.2 Å². The van der Waals surface area contributed by atoms with Gasteiger partial charge in [0.2, 0.25) is 0 Å². The Morgan fingerprint density at radius 3 is 1.03 bits per heavy atom. The molecule has 0 aromatic heterocycles. The molecule has 31 heavy (non-hydrogen) atoms. The number of phenols is 2. The Hall–Kier alpha value is -2.12. The number of aryl methyl sites for hydroxylation is 4. The fourth-order valence-corrected chi connectivity index (χ4v) is 2.71. The summed E-state index contributed by atoms with van der Waals surface area (Å²) >= 11 is 0. The van der Waals surface area contributed by atoms with E-state index in [4.69, 9.17) is 10.2 Å². The van der Waals surface area contributed by atoms with Crippen LogP contribution < -0.4 is 0 Å². The largest absolute Gasteiger partial charge is 2.00 e. The third kappa shape index (κ3) is 11.7. The van der Waals surface area contributed by atoms with E-state index in [9.17, 15) is 0 Å². The van der Waals surface area contributed by atoms with Crippen LogP contribution in [0.5, 0.6) is 11.5 Å². The van der Waals surface area contributed by atoms with Gasteiger partial charge in [-0.1, -0.05) is 0 Å². The van der Waals surface area contributed by atoms with Crippen molar-refractivity contribution < 1.29 is 36.4 Å². The number of allylic oxidation sites excluding steroid dienone is 8. The predicted molar refractivity (Wildman–Crippen MR) is 128 cm³/mol. The van der Waals surface area contributed by atoms with E-state index in [1.54, 1.807) is 24.3 Å². The van der Waals surface area contributed by atoms with Crippen LogP contribution in [0.15, 0.2) is 60.7 Å². The summed E-state index contributed by atoms with van der Waals surface area (Å²) < 4.78 is 0. The molecule has 0 amide bonds. The summed E-state index contributed by atoms with van der Waals surface area (Å²) in [4.78, 5) is 0. The van der Waals surface area contributed by atoms with Crippen molar-refractivity contribution in [3.05, 3.63) is 106 Å². The Balaban J connectivity index is 0.000000401. The molecule has 0 aliphatic heterocycles. The van der Waals surface area contributed by atoms with E-state index in [2.05, 4.69) is 38.2 Å². The summed E-state index contributed by atoms with van der Waals surface area (Å²) in [5.41, 5.74) is 7.13. The molecule has 4 rings (SSSR count). The second kappa shape index (κ2) is 15.7. The van der Waals surface area contributed by atoms with Crippen molar-refractivity contribution in [2.75, 3.05) is 0 Å². The van der Waals surface area contributed by atoms with Gasteiger partial charge >= 0.3 is 26.2 Å². The zero-order chi connectivity index (χ0) is 22.5. The molecule has 0 bridgehead atoms. The molecule has 0 saturated heterocycles. The van der Waals surface area contributed by atoms with Crippen LogP contribution in [0.3, 0.4) is 0 Å². The fourth-order valence-electron chi connectivity index (χ4n) is 2.71. The predicted octanol–water partition coefficient (Wildman–Crippen LogP) is 7.24. The summed E-state index contributed by atoms with van der Waals surface area (Å²) in [6.07, 6.45) is 20.0. The average molecular weight is 494 g/mol. The summed E-state index contributed by atoms with van der Waals surface area (Å²) in [6, 6.07) is 7.12. The first-order valence-electron chi connectivity index (χ1n) is 10.2. The molecule has 0 heterocycles. The molecule has 2 nitrogen and oxygen atoms in total. The van der Waals surface area contributed by atoms with Crippen molar-refractivity contribution in [2.45, 2.75) is 54.4 Å². The van der Waals surface area contributed by atoms with Crippen LogP contribution in [0, 0.1) is 53.7 Å². The Labute approximate surface area is 207 Å². The molecule has 0 radical (unpaired) electrons. The average Bonchev–Trinajstić information content (AvgIpc) is 3.43. The van der Waals surface area contributed by atoms with Gasteiger partial charge in [0.05, 0.1) is 0 Å². The number of hydrogen-bond acceptors (Lipinski definition) is 2. The van der Waals surface area contributed by atoms with Gasteiger partial charge in [-0.2, -0.15) is 12.2 Å². The minimum Gasteiger partial charge on any atom is -0.508 e. The van der Waals surface area contributed by atoms with E-state index in [1.165, 1.54) is 11.1 Å². The van der Waals surface area contributed by atoms with Crippen LogP contribution in [0.2, 0.25) is 0 Å². The van der Waals surface area contributed by atoms with Gasteiger partial charge < -0.3 is 10.2 Å². The third-order valence-corrected chi connectivity index (χ3v) is 5.00. The Morgan fingerprint density at radius 1 is 0.581 bits per heavy atom. The van der Waals surface area contributed by atoms with Crippen LogP contribution in [-0.4, -0.2) is 10.2 Å². The van der Waals surface area contributed by atoms with E-state index in [0.717, 1.165) is 35.1 Å². The molecule has 2 aromatic rings. The maximum atomic E-state index is 9.12. The van der Waals surface area contributed by atoms with Crippen molar-refractivity contribution in [1.29, 1.82) is 0 Å². The van der Waals surface area contributed by atoms with Crippen molar-refractivity contribution in [2.24, 2.45) is 0 Å². The monoisotopic (exact) mass is 492 g/mol. The number of phenolic OH excluding ortho intramolecular Hbond substituents is 2. The van der Waals surface area contributed by atoms with Gasteiger partial charge in [-0.25, -0.2) is 24.3 Å². The molecule has 0 saturated carbocycles. The summed E-state index contributed by atoms with van der Waals surface area (Å²) in [7, 11) is 0. The maximum absolute atomic E-state index is 9.12. The van der Waals surface area contributed by atoms with Crippen LogP contribution in [-0.2, 0) is 26.2 Å². The zero-order valence-electron chi connectivity index (χ0n) is 19.6. The zero-order valence-corrected chi connectivity index (χ0v) is 22.0. The minimum atomic E-state index is 0. The van der Waals surface area contributed by atoms with E-state index >= 15 is 0 Å². The first-order chi connectivity index (χ1) is 14.2. The minimum absolute atomic E-state index is 0. The van der Waals surface area contributed by atoms with Gasteiger partial charge in [0, 0.05) is 0 Å². The second-order valence-corrected chi connectivity index (χ2v) is 7.42. The van der Waals surface area contributed by atoms with Crippen LogP contribution in [0.4, 0.5) is 0 Å². The molecule has 3 heteroatoms. The number of aromatic hydroxyl groups is 2. The molecular weight excluding hydrogens is 460 g/mol. The standard InChI is InChI=1S/2C9H12O.2C5H5.Zr/c2*1-6-4-9(10)5-7(2)8(6)3;2*1-2-4-5-3-1;/h2*4-5,10H,1-3H3;2*1-3H,4H2;/q;;2*-1;+2. The van der Waals surface area contributed by atoms with Gasteiger partial charge in [-0.15, -0.1) is 12.8 Å². The molecule has 2 aromatic carbocycles. The molecular formula is C28H34O2Zr. The topological polar surface area (TPSA) is 40.5 Å². The van der Waals surface area contributed by atoms with Crippen molar-refractivity contribution in [3.8, 4) is 11.5 Å². The van der Waals surface area contributed by atoms with Gasteiger partial charge in [-0.3, -0.25) is 12.2 Å². The van der Waals surface area contributed by atoms with Gasteiger partial charge in [-0.05, 0) is 99.2 Å². The van der Waals surface area contributed by atoms with Gasteiger partial charge in [0.25, 0.3) is 0 Å². The molecule has 0 atom stereocenters. The van der Waals surface area contributed by atoms with E-state index in [-0.39, 0.29) is 26.2 Å². The molecule has 0 spiro atoms. The fraction of sp³-hybridized carbons (Fsp3) is 0.286. The number of hydrogen-bond donors (Lipinski definition) is 2. The number of benzene rings is 2. The quantitative estimate of drug-likeness (QED) is 0.380. The Kier molecular flexibility index (Phi) is 14.6. The van der Waals surface area contributed by atoms with E-state index in [1.807, 2.05) is 52.0 Å². The summed E-state index contributed by atoms with van der Waals surface area (Å²) in [6.45, 7) is 12.1.